The molecule has 0 aliphatic rings. The topological polar surface area (TPSA) is 61.7 Å². The first-order chi connectivity index (χ1) is 9.70. The first-order valence-corrected chi connectivity index (χ1v) is 6.67. The third-order valence-electron chi connectivity index (χ3n) is 2.87. The van der Waals surface area contributed by atoms with Crippen LogP contribution in [0.5, 0.6) is 17.2 Å². The normalized spacial score (nSPS) is 10.2. The van der Waals surface area contributed by atoms with Crippen LogP contribution in [-0.2, 0) is 6.54 Å². The summed E-state index contributed by atoms with van der Waals surface area (Å²) >= 11 is 0. The second-order valence-corrected chi connectivity index (χ2v) is 4.52. The molecule has 0 aliphatic heterocycles. The minimum Gasteiger partial charge on any atom is -0.504 e. The Labute approximate surface area is 118 Å². The molecule has 2 aromatic carbocycles. The Morgan fingerprint density at radius 1 is 1.05 bits per heavy atom. The molecule has 4 heteroatoms. The van der Waals surface area contributed by atoms with Crippen molar-refractivity contribution in [3.8, 4) is 17.2 Å². The monoisotopic (exact) mass is 273 g/mol. The van der Waals surface area contributed by atoms with Gasteiger partial charge in [-0.2, -0.15) is 0 Å². The van der Waals surface area contributed by atoms with Crippen molar-refractivity contribution in [1.29, 1.82) is 0 Å². The molecule has 20 heavy (non-hydrogen) atoms. The Bertz CT molecular complexity index is 569. The molecule has 0 spiro atoms. The molecule has 2 aromatic rings. The SMILES string of the molecule is CCCOc1ccccc1NCc1ccc(O)c(O)c1. The molecule has 0 fully saturated rings. The number of hydrogen-bond acceptors (Lipinski definition) is 4. The summed E-state index contributed by atoms with van der Waals surface area (Å²) < 4.78 is 5.67. The number of hydrogen-bond donors (Lipinski definition) is 3. The summed E-state index contributed by atoms with van der Waals surface area (Å²) in [5, 5.41) is 22.0. The van der Waals surface area contributed by atoms with Gasteiger partial charge in [0.05, 0.1) is 12.3 Å². The molecule has 0 amide bonds. The summed E-state index contributed by atoms with van der Waals surface area (Å²) in [4.78, 5) is 0. The summed E-state index contributed by atoms with van der Waals surface area (Å²) in [6.07, 6.45) is 0.959. The van der Waals surface area contributed by atoms with E-state index in [1.165, 1.54) is 12.1 Å². The van der Waals surface area contributed by atoms with Crippen LogP contribution in [0.15, 0.2) is 42.5 Å². The molecule has 0 saturated carbocycles. The van der Waals surface area contributed by atoms with E-state index in [1.54, 1.807) is 6.07 Å². The van der Waals surface area contributed by atoms with Crippen molar-refractivity contribution >= 4 is 5.69 Å². The van der Waals surface area contributed by atoms with Crippen molar-refractivity contribution in [3.05, 3.63) is 48.0 Å². The predicted octanol–water partition coefficient (Wildman–Crippen LogP) is 3.50. The third-order valence-corrected chi connectivity index (χ3v) is 2.87. The maximum Gasteiger partial charge on any atom is 0.157 e. The highest BCUT2D eigenvalue weighted by molar-refractivity contribution is 5.56. The number of phenols is 2. The molecule has 0 bridgehead atoms. The van der Waals surface area contributed by atoms with Gasteiger partial charge in [-0.1, -0.05) is 25.1 Å². The summed E-state index contributed by atoms with van der Waals surface area (Å²) in [7, 11) is 0. The van der Waals surface area contributed by atoms with Crippen molar-refractivity contribution < 1.29 is 14.9 Å². The lowest BCUT2D eigenvalue weighted by atomic mass is 10.2. The zero-order chi connectivity index (χ0) is 14.4. The molecule has 0 atom stereocenters. The molecule has 0 saturated heterocycles. The number of benzene rings is 2. The number of anilines is 1. The van der Waals surface area contributed by atoms with E-state index in [-0.39, 0.29) is 11.5 Å². The molecule has 0 radical (unpaired) electrons. The lowest BCUT2D eigenvalue weighted by Gasteiger charge is -2.13. The van der Waals surface area contributed by atoms with Crippen molar-refractivity contribution in [2.24, 2.45) is 0 Å². The first kappa shape index (κ1) is 14.1. The van der Waals surface area contributed by atoms with Crippen LogP contribution < -0.4 is 10.1 Å². The van der Waals surface area contributed by atoms with Gasteiger partial charge in [-0.25, -0.2) is 0 Å². The number of para-hydroxylation sites is 2. The Kier molecular flexibility index (Phi) is 4.71. The third kappa shape index (κ3) is 3.57. The van der Waals surface area contributed by atoms with Gasteiger partial charge in [0.25, 0.3) is 0 Å². The number of ether oxygens (including phenoxy) is 1. The standard InChI is InChI=1S/C16H19NO3/c1-2-9-20-16-6-4-3-5-13(16)17-11-12-7-8-14(18)15(19)10-12/h3-8,10,17-19H,2,9,11H2,1H3. The molecular weight excluding hydrogens is 254 g/mol. The summed E-state index contributed by atoms with van der Waals surface area (Å²) in [6.45, 7) is 3.29. The Morgan fingerprint density at radius 3 is 2.60 bits per heavy atom. The van der Waals surface area contributed by atoms with E-state index >= 15 is 0 Å². The Hall–Kier alpha value is -2.36. The van der Waals surface area contributed by atoms with Gasteiger partial charge in [-0.05, 0) is 36.2 Å². The second-order valence-electron chi connectivity index (χ2n) is 4.52. The number of phenolic OH excluding ortho intramolecular Hbond substituents is 2. The van der Waals surface area contributed by atoms with Gasteiger partial charge < -0.3 is 20.3 Å². The van der Waals surface area contributed by atoms with Gasteiger partial charge in [0, 0.05) is 6.54 Å². The quantitative estimate of drug-likeness (QED) is 0.705. The Morgan fingerprint density at radius 2 is 1.85 bits per heavy atom. The fourth-order valence-electron chi connectivity index (χ4n) is 1.83. The predicted molar refractivity (Wildman–Crippen MR) is 79.3 cm³/mol. The molecule has 0 heterocycles. The molecule has 0 aliphatic carbocycles. The Balaban J connectivity index is 2.04. The fourth-order valence-corrected chi connectivity index (χ4v) is 1.83. The van der Waals surface area contributed by atoms with E-state index < -0.39 is 0 Å². The minimum atomic E-state index is -0.111. The summed E-state index contributed by atoms with van der Waals surface area (Å²) in [5.41, 5.74) is 1.79. The average molecular weight is 273 g/mol. The zero-order valence-corrected chi connectivity index (χ0v) is 11.5. The first-order valence-electron chi connectivity index (χ1n) is 6.67. The van der Waals surface area contributed by atoms with E-state index in [2.05, 4.69) is 12.2 Å². The maximum atomic E-state index is 9.47. The van der Waals surface area contributed by atoms with Gasteiger partial charge in [0.15, 0.2) is 11.5 Å². The number of nitrogens with one attached hydrogen (secondary N) is 1. The van der Waals surface area contributed by atoms with Crippen molar-refractivity contribution in [1.82, 2.24) is 0 Å². The fraction of sp³-hybridized carbons (Fsp3) is 0.250. The molecule has 2 rings (SSSR count). The van der Waals surface area contributed by atoms with Gasteiger partial charge in [-0.3, -0.25) is 0 Å². The van der Waals surface area contributed by atoms with Crippen LogP contribution in [0.3, 0.4) is 0 Å². The summed E-state index contributed by atoms with van der Waals surface area (Å²) in [5.74, 6) is 0.595. The highest BCUT2D eigenvalue weighted by Gasteiger charge is 2.04. The van der Waals surface area contributed by atoms with Crippen LogP contribution >= 0.6 is 0 Å². The summed E-state index contributed by atoms with van der Waals surface area (Å²) in [6, 6.07) is 12.5. The van der Waals surface area contributed by atoms with Gasteiger partial charge in [0.1, 0.15) is 5.75 Å². The van der Waals surface area contributed by atoms with E-state index in [9.17, 15) is 10.2 Å². The van der Waals surface area contributed by atoms with Crippen LogP contribution in [0.4, 0.5) is 5.69 Å². The zero-order valence-electron chi connectivity index (χ0n) is 11.5. The molecule has 106 valence electrons. The molecule has 4 nitrogen and oxygen atoms in total. The molecule has 0 unspecified atom stereocenters. The molecular formula is C16H19NO3. The van der Waals surface area contributed by atoms with E-state index in [0.717, 1.165) is 23.4 Å². The van der Waals surface area contributed by atoms with Crippen molar-refractivity contribution in [2.45, 2.75) is 19.9 Å². The molecule has 3 N–H and O–H groups in total. The van der Waals surface area contributed by atoms with Crippen molar-refractivity contribution in [3.63, 3.8) is 0 Å². The van der Waals surface area contributed by atoms with E-state index in [0.29, 0.717) is 13.2 Å². The highest BCUT2D eigenvalue weighted by Crippen LogP contribution is 2.27. The van der Waals surface area contributed by atoms with Gasteiger partial charge in [-0.15, -0.1) is 0 Å². The van der Waals surface area contributed by atoms with Crippen LogP contribution in [-0.4, -0.2) is 16.8 Å². The van der Waals surface area contributed by atoms with Gasteiger partial charge >= 0.3 is 0 Å². The number of rotatable bonds is 6. The smallest absolute Gasteiger partial charge is 0.157 e. The van der Waals surface area contributed by atoms with Gasteiger partial charge in [0.2, 0.25) is 0 Å². The van der Waals surface area contributed by atoms with Crippen LogP contribution in [0.1, 0.15) is 18.9 Å². The lowest BCUT2D eigenvalue weighted by Crippen LogP contribution is -2.03. The second kappa shape index (κ2) is 6.70. The van der Waals surface area contributed by atoms with Crippen LogP contribution in [0.2, 0.25) is 0 Å². The number of aromatic hydroxyl groups is 2. The minimum absolute atomic E-state index is 0.111. The maximum absolute atomic E-state index is 9.47. The van der Waals surface area contributed by atoms with E-state index in [4.69, 9.17) is 4.74 Å². The van der Waals surface area contributed by atoms with E-state index in [1.807, 2.05) is 24.3 Å². The average Bonchev–Trinajstić information content (AvgIpc) is 2.47. The highest BCUT2D eigenvalue weighted by atomic mass is 16.5. The lowest BCUT2D eigenvalue weighted by molar-refractivity contribution is 0.319. The van der Waals surface area contributed by atoms with Crippen LogP contribution in [0, 0.1) is 0 Å². The molecule has 0 aromatic heterocycles. The largest absolute Gasteiger partial charge is 0.504 e. The van der Waals surface area contributed by atoms with Crippen LogP contribution in [0.25, 0.3) is 0 Å². The van der Waals surface area contributed by atoms with Crippen molar-refractivity contribution in [2.75, 3.05) is 11.9 Å².